The van der Waals surface area contributed by atoms with Crippen LogP contribution in [0.25, 0.3) is 0 Å². The van der Waals surface area contributed by atoms with Crippen LogP contribution in [0.4, 0.5) is 4.39 Å². The summed E-state index contributed by atoms with van der Waals surface area (Å²) in [7, 11) is 0. The highest BCUT2D eigenvalue weighted by atomic mass is 35.5. The fraction of sp³-hybridized carbons (Fsp3) is 0.250. The molecule has 0 bridgehead atoms. The van der Waals surface area contributed by atoms with Crippen LogP contribution in [0.2, 0.25) is 5.15 Å². The molecule has 0 fully saturated rings. The van der Waals surface area contributed by atoms with E-state index in [9.17, 15) is 4.39 Å². The van der Waals surface area contributed by atoms with Gasteiger partial charge in [-0.25, -0.2) is 9.07 Å². The number of benzene rings is 1. The molecular formula is C12H12ClFN2O. The van der Waals surface area contributed by atoms with Gasteiger partial charge in [0.1, 0.15) is 11.0 Å². The zero-order chi connectivity index (χ0) is 12.4. The normalized spacial score (nSPS) is 10.8. The maximum Gasteiger partial charge on any atom is 0.133 e. The molecule has 1 N–H and O–H groups in total. The first-order chi connectivity index (χ1) is 8.11. The van der Waals surface area contributed by atoms with Gasteiger partial charge in [-0.1, -0.05) is 23.7 Å². The minimum atomic E-state index is -0.271. The van der Waals surface area contributed by atoms with Crippen molar-refractivity contribution in [3.63, 3.8) is 0 Å². The average molecular weight is 255 g/mol. The van der Waals surface area contributed by atoms with Gasteiger partial charge in [0, 0.05) is 5.56 Å². The van der Waals surface area contributed by atoms with Crippen LogP contribution in [0.5, 0.6) is 0 Å². The van der Waals surface area contributed by atoms with Crippen LogP contribution in [0.15, 0.2) is 24.3 Å². The van der Waals surface area contributed by atoms with Crippen molar-refractivity contribution < 1.29 is 9.50 Å². The molecule has 1 heterocycles. The van der Waals surface area contributed by atoms with Crippen LogP contribution in [-0.4, -0.2) is 14.9 Å². The quantitative estimate of drug-likeness (QED) is 0.914. The lowest BCUT2D eigenvalue weighted by molar-refractivity contribution is 0.281. The SMILES string of the molecule is Cc1nn(Cc2ccc(F)cc2)c(Cl)c1CO. The lowest BCUT2D eigenvalue weighted by atomic mass is 10.2. The number of aromatic nitrogens is 2. The summed E-state index contributed by atoms with van der Waals surface area (Å²) in [5.74, 6) is -0.271. The van der Waals surface area contributed by atoms with E-state index in [1.165, 1.54) is 12.1 Å². The standard InChI is InChI=1S/C12H12ClFN2O/c1-8-11(7-17)12(13)16(15-8)6-9-2-4-10(14)5-3-9/h2-5,17H,6-7H2,1H3. The van der Waals surface area contributed by atoms with E-state index in [-0.39, 0.29) is 12.4 Å². The number of aliphatic hydroxyl groups is 1. The van der Waals surface area contributed by atoms with Crippen molar-refractivity contribution in [3.05, 3.63) is 52.1 Å². The van der Waals surface area contributed by atoms with Crippen molar-refractivity contribution in [1.82, 2.24) is 9.78 Å². The Hall–Kier alpha value is -1.39. The first kappa shape index (κ1) is 12.1. The predicted molar refractivity (Wildman–Crippen MR) is 63.4 cm³/mol. The summed E-state index contributed by atoms with van der Waals surface area (Å²) >= 11 is 6.08. The monoisotopic (exact) mass is 254 g/mol. The van der Waals surface area contributed by atoms with Crippen molar-refractivity contribution in [2.45, 2.75) is 20.1 Å². The molecule has 0 atom stereocenters. The van der Waals surface area contributed by atoms with E-state index in [1.54, 1.807) is 23.7 Å². The molecule has 5 heteroatoms. The van der Waals surface area contributed by atoms with E-state index in [0.29, 0.717) is 23.0 Å². The van der Waals surface area contributed by atoms with E-state index < -0.39 is 0 Å². The lowest BCUT2D eigenvalue weighted by Gasteiger charge is -2.03. The molecule has 0 saturated carbocycles. The maximum atomic E-state index is 12.7. The van der Waals surface area contributed by atoms with E-state index >= 15 is 0 Å². The van der Waals surface area contributed by atoms with Gasteiger partial charge in [-0.15, -0.1) is 0 Å². The van der Waals surface area contributed by atoms with Crippen molar-refractivity contribution in [3.8, 4) is 0 Å². The smallest absolute Gasteiger partial charge is 0.133 e. The Morgan fingerprint density at radius 1 is 1.35 bits per heavy atom. The van der Waals surface area contributed by atoms with Crippen molar-refractivity contribution in [2.75, 3.05) is 0 Å². The maximum absolute atomic E-state index is 12.7. The van der Waals surface area contributed by atoms with E-state index in [0.717, 1.165) is 5.56 Å². The number of hydrogen-bond acceptors (Lipinski definition) is 2. The molecule has 2 aromatic rings. The van der Waals surface area contributed by atoms with E-state index in [1.807, 2.05) is 0 Å². The molecular weight excluding hydrogens is 243 g/mol. The largest absolute Gasteiger partial charge is 0.391 e. The van der Waals surface area contributed by atoms with Crippen LogP contribution in [0.3, 0.4) is 0 Å². The number of aliphatic hydroxyl groups excluding tert-OH is 1. The Kier molecular flexibility index (Phi) is 3.45. The van der Waals surface area contributed by atoms with Crippen LogP contribution < -0.4 is 0 Å². The van der Waals surface area contributed by atoms with Crippen LogP contribution in [0.1, 0.15) is 16.8 Å². The van der Waals surface area contributed by atoms with Gasteiger partial charge in [0.25, 0.3) is 0 Å². The average Bonchev–Trinajstić information content (AvgIpc) is 2.57. The van der Waals surface area contributed by atoms with Gasteiger partial charge in [0.2, 0.25) is 0 Å². The molecule has 3 nitrogen and oxygen atoms in total. The van der Waals surface area contributed by atoms with Crippen molar-refractivity contribution >= 4 is 11.6 Å². The van der Waals surface area contributed by atoms with Gasteiger partial charge >= 0.3 is 0 Å². The minimum Gasteiger partial charge on any atom is -0.391 e. The lowest BCUT2D eigenvalue weighted by Crippen LogP contribution is -2.02. The third-order valence-electron chi connectivity index (χ3n) is 2.59. The Morgan fingerprint density at radius 3 is 2.53 bits per heavy atom. The molecule has 90 valence electrons. The summed E-state index contributed by atoms with van der Waals surface area (Å²) in [6.45, 7) is 2.12. The highest BCUT2D eigenvalue weighted by Gasteiger charge is 2.12. The highest BCUT2D eigenvalue weighted by Crippen LogP contribution is 2.20. The second-order valence-corrected chi connectivity index (χ2v) is 4.16. The molecule has 2 rings (SSSR count). The number of nitrogens with zero attached hydrogens (tertiary/aromatic N) is 2. The zero-order valence-corrected chi connectivity index (χ0v) is 10.1. The first-order valence-electron chi connectivity index (χ1n) is 5.19. The van der Waals surface area contributed by atoms with Crippen LogP contribution >= 0.6 is 11.6 Å². The molecule has 1 aromatic carbocycles. The number of rotatable bonds is 3. The highest BCUT2D eigenvalue weighted by molar-refractivity contribution is 6.30. The third kappa shape index (κ3) is 2.48. The summed E-state index contributed by atoms with van der Waals surface area (Å²) < 4.78 is 14.3. The number of aryl methyl sites for hydroxylation is 1. The predicted octanol–water partition coefficient (Wildman–Crippen LogP) is 2.52. The molecule has 0 amide bonds. The first-order valence-corrected chi connectivity index (χ1v) is 5.56. The molecule has 0 radical (unpaired) electrons. The fourth-order valence-electron chi connectivity index (χ4n) is 1.64. The Balaban J connectivity index is 2.27. The molecule has 0 aliphatic carbocycles. The Morgan fingerprint density at radius 2 is 2.00 bits per heavy atom. The summed E-state index contributed by atoms with van der Waals surface area (Å²) in [4.78, 5) is 0. The Bertz CT molecular complexity index is 522. The molecule has 0 spiro atoms. The van der Waals surface area contributed by atoms with E-state index in [2.05, 4.69) is 5.10 Å². The summed E-state index contributed by atoms with van der Waals surface area (Å²) in [6.07, 6.45) is 0. The van der Waals surface area contributed by atoms with Gasteiger partial charge in [-0.05, 0) is 24.6 Å². The van der Waals surface area contributed by atoms with Crippen molar-refractivity contribution in [2.24, 2.45) is 0 Å². The minimum absolute atomic E-state index is 0.131. The topological polar surface area (TPSA) is 38.0 Å². The molecule has 0 aliphatic heterocycles. The second-order valence-electron chi connectivity index (χ2n) is 3.80. The second kappa shape index (κ2) is 4.85. The molecule has 0 unspecified atom stereocenters. The van der Waals surface area contributed by atoms with Gasteiger partial charge in [0.05, 0.1) is 18.8 Å². The summed E-state index contributed by atoms with van der Waals surface area (Å²) in [5.41, 5.74) is 2.24. The van der Waals surface area contributed by atoms with Gasteiger partial charge in [-0.3, -0.25) is 0 Å². The van der Waals surface area contributed by atoms with Gasteiger partial charge in [-0.2, -0.15) is 5.10 Å². The van der Waals surface area contributed by atoms with E-state index in [4.69, 9.17) is 16.7 Å². The fourth-order valence-corrected chi connectivity index (χ4v) is 1.93. The molecule has 1 aromatic heterocycles. The van der Waals surface area contributed by atoms with Gasteiger partial charge < -0.3 is 5.11 Å². The van der Waals surface area contributed by atoms with Crippen LogP contribution in [0, 0.1) is 12.7 Å². The number of halogens is 2. The molecule has 0 saturated heterocycles. The van der Waals surface area contributed by atoms with Crippen molar-refractivity contribution in [1.29, 1.82) is 0 Å². The zero-order valence-electron chi connectivity index (χ0n) is 9.32. The summed E-state index contributed by atoms with van der Waals surface area (Å²) in [5, 5.41) is 13.8. The summed E-state index contributed by atoms with van der Waals surface area (Å²) in [6, 6.07) is 6.15. The van der Waals surface area contributed by atoms with Gasteiger partial charge in [0.15, 0.2) is 0 Å². The number of hydrogen-bond donors (Lipinski definition) is 1. The Labute approximate surface area is 103 Å². The molecule has 0 aliphatic rings. The third-order valence-corrected chi connectivity index (χ3v) is 3.01. The molecule has 17 heavy (non-hydrogen) atoms. The van der Waals surface area contributed by atoms with Crippen LogP contribution in [-0.2, 0) is 13.2 Å².